The molecule has 0 aromatic heterocycles. The van der Waals surface area contributed by atoms with Crippen LogP contribution in [-0.2, 0) is 24.6 Å². The minimum atomic E-state index is -1.04. The minimum Gasteiger partial charge on any atom is -0.490 e. The largest absolute Gasteiger partial charge is 0.490 e. The number of aliphatic hydroxyl groups is 1. The molecule has 4 rings (SSSR count). The number of carbonyl (C=O) groups is 1. The van der Waals surface area contributed by atoms with Crippen LogP contribution in [0, 0.1) is 0 Å². The lowest BCUT2D eigenvalue weighted by Gasteiger charge is -2.19. The summed E-state index contributed by atoms with van der Waals surface area (Å²) in [6, 6.07) is 32.2. The Kier molecular flexibility index (Phi) is 9.59. The molecule has 0 saturated heterocycles. The molecule has 2 N–H and O–H groups in total. The van der Waals surface area contributed by atoms with Crippen LogP contribution in [0.25, 0.3) is 0 Å². The van der Waals surface area contributed by atoms with Gasteiger partial charge in [-0.15, -0.1) is 0 Å². The Hall–Kier alpha value is -4.49. The van der Waals surface area contributed by atoms with E-state index in [0.717, 1.165) is 16.7 Å². The zero-order valence-electron chi connectivity index (χ0n) is 21.2. The van der Waals surface area contributed by atoms with Crippen molar-refractivity contribution in [1.29, 1.82) is 0 Å². The second kappa shape index (κ2) is 13.7. The molecule has 1 amide bonds. The zero-order chi connectivity index (χ0) is 26.6. The minimum absolute atomic E-state index is 0.0593. The molecule has 0 heterocycles. The Morgan fingerprint density at radius 2 is 1.18 bits per heavy atom. The van der Waals surface area contributed by atoms with Crippen LogP contribution in [0.3, 0.4) is 0 Å². The van der Waals surface area contributed by atoms with E-state index in [0.29, 0.717) is 36.0 Å². The van der Waals surface area contributed by atoms with Crippen LogP contribution < -0.4 is 19.5 Å². The van der Waals surface area contributed by atoms with E-state index in [1.54, 1.807) is 19.2 Å². The fourth-order valence-corrected chi connectivity index (χ4v) is 3.75. The molecule has 196 valence electrons. The summed E-state index contributed by atoms with van der Waals surface area (Å²) in [5, 5.41) is 13.5. The van der Waals surface area contributed by atoms with Gasteiger partial charge in [0.1, 0.15) is 19.8 Å². The number of benzene rings is 4. The third-order valence-electron chi connectivity index (χ3n) is 5.76. The topological polar surface area (TPSA) is 86.2 Å². The Bertz CT molecular complexity index is 1220. The standard InChI is InChI=1S/C31H31NO6/c1-35-30-28(36-20-23-11-5-2-6-12-23)17-26(18-29(30)37-21-24-13-7-3-8-14-24)27(33)19-32-31(34)38-22-25-15-9-4-10-16-25/h2-18,27,33H,19-22H2,1H3,(H,32,34)/t27-/m0/s1. The third kappa shape index (κ3) is 7.75. The van der Waals surface area contributed by atoms with Crippen LogP contribution in [0.1, 0.15) is 28.4 Å². The first-order chi connectivity index (χ1) is 18.6. The van der Waals surface area contributed by atoms with Gasteiger partial charge in [0.15, 0.2) is 11.5 Å². The van der Waals surface area contributed by atoms with Crippen LogP contribution >= 0.6 is 0 Å². The van der Waals surface area contributed by atoms with Gasteiger partial charge in [0.05, 0.1) is 19.8 Å². The van der Waals surface area contributed by atoms with Gasteiger partial charge in [-0.2, -0.15) is 0 Å². The van der Waals surface area contributed by atoms with Crippen LogP contribution in [-0.4, -0.2) is 24.9 Å². The smallest absolute Gasteiger partial charge is 0.407 e. The fourth-order valence-electron chi connectivity index (χ4n) is 3.75. The van der Waals surface area contributed by atoms with E-state index in [9.17, 15) is 9.90 Å². The van der Waals surface area contributed by atoms with Crippen molar-refractivity contribution in [2.45, 2.75) is 25.9 Å². The van der Waals surface area contributed by atoms with Crippen molar-refractivity contribution in [3.63, 3.8) is 0 Å². The zero-order valence-corrected chi connectivity index (χ0v) is 21.2. The van der Waals surface area contributed by atoms with Crippen LogP contribution in [0.5, 0.6) is 17.2 Å². The quantitative estimate of drug-likeness (QED) is 0.249. The molecule has 0 aliphatic carbocycles. The van der Waals surface area contributed by atoms with Gasteiger partial charge in [0, 0.05) is 0 Å². The maximum atomic E-state index is 12.2. The molecule has 38 heavy (non-hydrogen) atoms. The lowest BCUT2D eigenvalue weighted by molar-refractivity contribution is 0.125. The van der Waals surface area contributed by atoms with Crippen molar-refractivity contribution >= 4 is 6.09 Å². The van der Waals surface area contributed by atoms with E-state index in [4.69, 9.17) is 18.9 Å². The number of nitrogens with one attached hydrogen (secondary N) is 1. The number of alkyl carbamates (subject to hydrolysis) is 1. The molecule has 0 aliphatic heterocycles. The van der Waals surface area contributed by atoms with Gasteiger partial charge in [-0.1, -0.05) is 91.0 Å². The third-order valence-corrected chi connectivity index (χ3v) is 5.76. The Balaban J connectivity index is 1.47. The highest BCUT2D eigenvalue weighted by Crippen LogP contribution is 2.41. The van der Waals surface area contributed by atoms with E-state index in [1.165, 1.54) is 0 Å². The predicted molar refractivity (Wildman–Crippen MR) is 144 cm³/mol. The lowest BCUT2D eigenvalue weighted by Crippen LogP contribution is -2.29. The first-order valence-corrected chi connectivity index (χ1v) is 12.3. The summed E-state index contributed by atoms with van der Waals surface area (Å²) >= 11 is 0. The number of amides is 1. The highest BCUT2D eigenvalue weighted by atomic mass is 16.5. The number of carbonyl (C=O) groups excluding carboxylic acids is 1. The number of hydrogen-bond acceptors (Lipinski definition) is 6. The molecule has 0 spiro atoms. The van der Waals surface area contributed by atoms with Gasteiger partial charge in [0.25, 0.3) is 0 Å². The van der Waals surface area contributed by atoms with Gasteiger partial charge in [-0.25, -0.2) is 4.79 Å². The van der Waals surface area contributed by atoms with Crippen LogP contribution in [0.15, 0.2) is 103 Å². The highest BCUT2D eigenvalue weighted by Gasteiger charge is 2.20. The Labute approximate surface area is 222 Å². The summed E-state index contributed by atoms with van der Waals surface area (Å²) in [7, 11) is 1.54. The van der Waals surface area contributed by atoms with E-state index >= 15 is 0 Å². The summed E-state index contributed by atoms with van der Waals surface area (Å²) in [4.78, 5) is 12.2. The average Bonchev–Trinajstić information content (AvgIpc) is 2.98. The number of rotatable bonds is 12. The molecule has 1 atom stereocenters. The van der Waals surface area contributed by atoms with Crippen molar-refractivity contribution in [2.24, 2.45) is 0 Å². The fraction of sp³-hybridized carbons (Fsp3) is 0.194. The maximum Gasteiger partial charge on any atom is 0.407 e. The van der Waals surface area contributed by atoms with Crippen LogP contribution in [0.4, 0.5) is 4.79 Å². The molecule has 7 nitrogen and oxygen atoms in total. The molecule has 0 aliphatic rings. The molecule has 0 radical (unpaired) electrons. The Morgan fingerprint density at radius 1 is 0.737 bits per heavy atom. The van der Waals surface area contributed by atoms with Crippen molar-refractivity contribution in [3.05, 3.63) is 125 Å². The van der Waals surface area contributed by atoms with Crippen molar-refractivity contribution in [2.75, 3.05) is 13.7 Å². The molecule has 0 unspecified atom stereocenters. The van der Waals surface area contributed by atoms with Crippen molar-refractivity contribution < 1.29 is 28.8 Å². The SMILES string of the molecule is COc1c(OCc2ccccc2)cc([C@@H](O)CNC(=O)OCc2ccccc2)cc1OCc1ccccc1. The van der Waals surface area contributed by atoms with E-state index in [-0.39, 0.29) is 13.2 Å². The van der Waals surface area contributed by atoms with Crippen molar-refractivity contribution in [1.82, 2.24) is 5.32 Å². The molecule has 0 bridgehead atoms. The summed E-state index contributed by atoms with van der Waals surface area (Å²) in [5.74, 6) is 1.26. The molecular weight excluding hydrogens is 482 g/mol. The normalized spacial score (nSPS) is 11.3. The van der Waals surface area contributed by atoms with Gasteiger partial charge in [-0.05, 0) is 34.4 Å². The average molecular weight is 514 g/mol. The van der Waals surface area contributed by atoms with E-state index in [2.05, 4.69) is 5.32 Å². The first-order valence-electron chi connectivity index (χ1n) is 12.3. The summed E-state index contributed by atoms with van der Waals surface area (Å²) in [6.45, 7) is 0.689. The molecule has 4 aromatic rings. The lowest BCUT2D eigenvalue weighted by atomic mass is 10.1. The number of methoxy groups -OCH3 is 1. The molecule has 0 saturated carbocycles. The summed E-state index contributed by atoms with van der Waals surface area (Å²) in [5.41, 5.74) is 3.34. The summed E-state index contributed by atoms with van der Waals surface area (Å²) in [6.07, 6.45) is -1.66. The monoisotopic (exact) mass is 513 g/mol. The van der Waals surface area contributed by atoms with E-state index in [1.807, 2.05) is 91.0 Å². The van der Waals surface area contributed by atoms with Gasteiger partial charge >= 0.3 is 6.09 Å². The molecule has 7 heteroatoms. The number of aliphatic hydroxyl groups excluding tert-OH is 1. The molecular formula is C31H31NO6. The maximum absolute atomic E-state index is 12.2. The van der Waals surface area contributed by atoms with Gasteiger partial charge in [-0.3, -0.25) is 0 Å². The van der Waals surface area contributed by atoms with Crippen molar-refractivity contribution in [3.8, 4) is 17.2 Å². The van der Waals surface area contributed by atoms with E-state index < -0.39 is 12.2 Å². The number of ether oxygens (including phenoxy) is 4. The summed E-state index contributed by atoms with van der Waals surface area (Å²) < 4.78 is 23.0. The second-order valence-corrected chi connectivity index (χ2v) is 8.56. The predicted octanol–water partition coefficient (Wildman–Crippen LogP) is 5.81. The van der Waals surface area contributed by atoms with Gasteiger partial charge < -0.3 is 29.4 Å². The second-order valence-electron chi connectivity index (χ2n) is 8.56. The Morgan fingerprint density at radius 3 is 1.63 bits per heavy atom. The number of hydrogen-bond donors (Lipinski definition) is 2. The van der Waals surface area contributed by atoms with Crippen LogP contribution in [0.2, 0.25) is 0 Å². The van der Waals surface area contributed by atoms with Gasteiger partial charge in [0.2, 0.25) is 5.75 Å². The molecule has 0 fully saturated rings. The highest BCUT2D eigenvalue weighted by molar-refractivity contribution is 5.67. The first kappa shape index (κ1) is 26.6. The molecule has 4 aromatic carbocycles.